The van der Waals surface area contributed by atoms with E-state index in [4.69, 9.17) is 9.47 Å². The fourth-order valence-electron chi connectivity index (χ4n) is 7.06. The normalized spacial score (nSPS) is 23.9. The highest BCUT2D eigenvalue weighted by molar-refractivity contribution is 6.98. The average Bonchev–Trinajstić information content (AvgIpc) is 3.00. The maximum absolute atomic E-state index is 12.5. The molecule has 3 N–H and O–H groups in total. The van der Waals surface area contributed by atoms with E-state index in [0.717, 1.165) is 36.1 Å². The molecule has 2 aromatic rings. The summed E-state index contributed by atoms with van der Waals surface area (Å²) < 4.78 is 12.8. The van der Waals surface area contributed by atoms with Gasteiger partial charge in [0.2, 0.25) is 0 Å². The summed E-state index contributed by atoms with van der Waals surface area (Å²) in [5.74, 6) is -0.492. The fraction of sp³-hybridized carbons (Fsp3) is 0.622. The van der Waals surface area contributed by atoms with Crippen molar-refractivity contribution < 1.29 is 24.5 Å². The third kappa shape index (κ3) is 8.69. The molecule has 0 aromatic heterocycles. The van der Waals surface area contributed by atoms with E-state index in [9.17, 15) is 15.0 Å². The SMILES string of the molecule is C=C[C@H](C)[C@@H](O)[C@H](C)[C@@H](O[C@H]1C[C@@H](N(C)C)C[C@@H](C)O1)[C@](C)(O)CCCCC(C)(C)[Si](O)(c1ccccc1)c1ccccc1. The second kappa shape index (κ2) is 15.6. The first kappa shape index (κ1) is 36.6. The molecule has 2 aromatic carbocycles. The van der Waals surface area contributed by atoms with Crippen molar-refractivity contribution in [3.63, 3.8) is 0 Å². The molecule has 0 aliphatic carbocycles. The van der Waals surface area contributed by atoms with E-state index in [1.54, 1.807) is 6.08 Å². The Balaban J connectivity index is 1.77. The lowest BCUT2D eigenvalue weighted by Crippen LogP contribution is -2.65. The number of rotatable bonds is 16. The van der Waals surface area contributed by atoms with Gasteiger partial charge in [-0.05, 0) is 62.6 Å². The van der Waals surface area contributed by atoms with E-state index in [2.05, 4.69) is 70.6 Å². The molecule has 0 amide bonds. The zero-order chi connectivity index (χ0) is 32.7. The fourth-order valence-corrected chi connectivity index (χ4v) is 10.8. The lowest BCUT2D eigenvalue weighted by molar-refractivity contribution is -0.265. The summed E-state index contributed by atoms with van der Waals surface area (Å²) in [6, 6.07) is 20.5. The van der Waals surface area contributed by atoms with Gasteiger partial charge in [0.1, 0.15) is 0 Å². The van der Waals surface area contributed by atoms with Gasteiger partial charge in [0, 0.05) is 24.3 Å². The van der Waals surface area contributed by atoms with Crippen LogP contribution in [0.3, 0.4) is 0 Å². The minimum atomic E-state index is -3.10. The summed E-state index contributed by atoms with van der Waals surface area (Å²) >= 11 is 0. The summed E-state index contributed by atoms with van der Waals surface area (Å²) in [5, 5.41) is 24.8. The van der Waals surface area contributed by atoms with Crippen LogP contribution in [0.4, 0.5) is 0 Å². The van der Waals surface area contributed by atoms with E-state index >= 15 is 0 Å². The summed E-state index contributed by atoms with van der Waals surface area (Å²) in [6.45, 7) is 16.0. The standard InChI is InChI=1S/C37H59NO5Si/c1-10-27(2)34(39)29(4)35(43-33-26-30(38(8)9)25-28(3)42-33)37(7,40)24-18-17-23-36(5,6)44(41,31-19-13-11-14-20-31)32-21-15-12-16-22-32/h10-16,19-22,27-30,33-35,39-41H,1,17-18,23-26H2,2-9H3/t27-,28+,29-,30-,33-,34+,35+,37+/m0/s1. The number of aliphatic hydroxyl groups excluding tert-OH is 1. The van der Waals surface area contributed by atoms with E-state index in [1.807, 2.05) is 57.2 Å². The van der Waals surface area contributed by atoms with Crippen molar-refractivity contribution in [3.05, 3.63) is 73.3 Å². The Hall–Kier alpha value is -1.84. The van der Waals surface area contributed by atoms with Gasteiger partial charge in [-0.3, -0.25) is 0 Å². The van der Waals surface area contributed by atoms with Crippen LogP contribution in [0.2, 0.25) is 5.04 Å². The molecular weight excluding hydrogens is 566 g/mol. The van der Waals surface area contributed by atoms with Crippen molar-refractivity contribution in [3.8, 4) is 0 Å². The number of ether oxygens (including phenoxy) is 2. The monoisotopic (exact) mass is 625 g/mol. The molecule has 8 atom stereocenters. The predicted molar refractivity (Wildman–Crippen MR) is 184 cm³/mol. The Labute approximate surface area is 268 Å². The maximum atomic E-state index is 12.5. The average molecular weight is 626 g/mol. The van der Waals surface area contributed by atoms with E-state index < -0.39 is 32.4 Å². The van der Waals surface area contributed by atoms with Gasteiger partial charge in [-0.1, -0.05) is 107 Å². The van der Waals surface area contributed by atoms with Crippen LogP contribution in [0, 0.1) is 11.8 Å². The molecule has 1 heterocycles. The molecule has 1 fully saturated rings. The molecule has 6 nitrogen and oxygen atoms in total. The molecule has 1 aliphatic heterocycles. The van der Waals surface area contributed by atoms with Gasteiger partial charge in [-0.15, -0.1) is 6.58 Å². The van der Waals surface area contributed by atoms with Gasteiger partial charge in [-0.2, -0.15) is 0 Å². The summed E-state index contributed by atoms with van der Waals surface area (Å²) in [5.41, 5.74) is -1.20. The lowest BCUT2D eigenvalue weighted by Gasteiger charge is -2.44. The van der Waals surface area contributed by atoms with Crippen molar-refractivity contribution in [1.82, 2.24) is 4.90 Å². The van der Waals surface area contributed by atoms with Crippen LogP contribution in [0.25, 0.3) is 0 Å². The number of benzene rings is 2. The lowest BCUT2D eigenvalue weighted by atomic mass is 9.79. The minimum Gasteiger partial charge on any atom is -0.424 e. The number of aliphatic hydroxyl groups is 2. The molecule has 0 unspecified atom stereocenters. The quantitative estimate of drug-likeness (QED) is 0.130. The Morgan fingerprint density at radius 2 is 1.50 bits per heavy atom. The molecule has 0 saturated carbocycles. The largest absolute Gasteiger partial charge is 0.424 e. The van der Waals surface area contributed by atoms with Crippen molar-refractivity contribution >= 4 is 18.7 Å². The van der Waals surface area contributed by atoms with Gasteiger partial charge >= 0.3 is 0 Å². The van der Waals surface area contributed by atoms with Gasteiger partial charge in [0.05, 0.1) is 23.9 Å². The van der Waals surface area contributed by atoms with Crippen LogP contribution in [0.5, 0.6) is 0 Å². The first-order valence-corrected chi connectivity index (χ1v) is 18.4. The molecule has 0 spiro atoms. The molecule has 7 heteroatoms. The maximum Gasteiger partial charge on any atom is 0.258 e. The number of nitrogens with zero attached hydrogens (tertiary/aromatic N) is 1. The Morgan fingerprint density at radius 3 is 2.00 bits per heavy atom. The highest BCUT2D eigenvalue weighted by Gasteiger charge is 2.50. The van der Waals surface area contributed by atoms with Crippen LogP contribution in [0.1, 0.15) is 80.1 Å². The van der Waals surface area contributed by atoms with E-state index in [1.165, 1.54) is 0 Å². The number of hydrogen-bond acceptors (Lipinski definition) is 6. The van der Waals surface area contributed by atoms with Crippen LogP contribution in [0.15, 0.2) is 73.3 Å². The van der Waals surface area contributed by atoms with Gasteiger partial charge in [0.15, 0.2) is 6.29 Å². The van der Waals surface area contributed by atoms with Crippen molar-refractivity contribution in [2.24, 2.45) is 11.8 Å². The van der Waals surface area contributed by atoms with Gasteiger partial charge < -0.3 is 29.4 Å². The molecule has 246 valence electrons. The third-order valence-corrected chi connectivity index (χ3v) is 14.7. The van der Waals surface area contributed by atoms with E-state index in [-0.39, 0.29) is 23.0 Å². The molecular formula is C37H59NO5Si. The smallest absolute Gasteiger partial charge is 0.258 e. The van der Waals surface area contributed by atoms with Crippen LogP contribution < -0.4 is 10.4 Å². The van der Waals surface area contributed by atoms with Crippen LogP contribution >= 0.6 is 0 Å². The van der Waals surface area contributed by atoms with Crippen molar-refractivity contribution in [2.45, 2.75) is 121 Å². The summed E-state index contributed by atoms with van der Waals surface area (Å²) in [6.07, 6.45) is 4.52. The molecule has 3 rings (SSSR count). The predicted octanol–water partition coefficient (Wildman–Crippen LogP) is 5.49. The molecule has 44 heavy (non-hydrogen) atoms. The summed E-state index contributed by atoms with van der Waals surface area (Å²) in [7, 11) is 1.05. The number of unbranched alkanes of at least 4 members (excludes halogenated alkanes) is 1. The van der Waals surface area contributed by atoms with Crippen molar-refractivity contribution in [2.75, 3.05) is 14.1 Å². The molecule has 0 bridgehead atoms. The zero-order valence-electron chi connectivity index (χ0n) is 28.4. The first-order valence-electron chi connectivity index (χ1n) is 16.5. The minimum absolute atomic E-state index is 0.0402. The highest BCUT2D eigenvalue weighted by atomic mass is 28.4. The highest BCUT2D eigenvalue weighted by Crippen LogP contribution is 2.41. The topological polar surface area (TPSA) is 82.4 Å². The van der Waals surface area contributed by atoms with E-state index in [0.29, 0.717) is 18.9 Å². The molecule has 1 aliphatic rings. The van der Waals surface area contributed by atoms with Gasteiger partial charge in [-0.25, -0.2) is 0 Å². The Kier molecular flexibility index (Phi) is 13.0. The molecule has 1 saturated heterocycles. The second-order valence-electron chi connectivity index (χ2n) is 14.4. The van der Waals surface area contributed by atoms with Crippen LogP contribution in [-0.4, -0.2) is 78.6 Å². The second-order valence-corrected chi connectivity index (χ2v) is 18.3. The summed E-state index contributed by atoms with van der Waals surface area (Å²) in [4.78, 5) is 14.7. The van der Waals surface area contributed by atoms with Crippen molar-refractivity contribution in [1.29, 1.82) is 0 Å². The molecule has 0 radical (unpaired) electrons. The van der Waals surface area contributed by atoms with Crippen LogP contribution in [-0.2, 0) is 9.47 Å². The van der Waals surface area contributed by atoms with Gasteiger partial charge in [0.25, 0.3) is 8.32 Å². The first-order chi connectivity index (χ1) is 20.6. The Bertz CT molecular complexity index is 1100. The number of hydrogen-bond donors (Lipinski definition) is 3. The third-order valence-electron chi connectivity index (χ3n) is 10.1. The Morgan fingerprint density at radius 1 is 0.977 bits per heavy atom. The zero-order valence-corrected chi connectivity index (χ0v) is 29.4.